The number of alkyl halides is 3. The molecule has 41 heavy (non-hydrogen) atoms. The summed E-state index contributed by atoms with van der Waals surface area (Å²) in [6, 6.07) is 9.45. The fraction of sp³-hybridized carbons (Fsp3) is 0.394. The second-order valence-electron chi connectivity index (χ2n) is 12.2. The molecule has 1 aliphatic heterocycles. The van der Waals surface area contributed by atoms with Crippen molar-refractivity contribution in [3.63, 3.8) is 0 Å². The largest absolute Gasteiger partial charge is 0.417 e. The molecule has 0 N–H and O–H groups in total. The summed E-state index contributed by atoms with van der Waals surface area (Å²) in [5, 5.41) is 4.65. The van der Waals surface area contributed by atoms with Gasteiger partial charge in [0, 0.05) is 46.9 Å². The lowest BCUT2D eigenvalue weighted by Gasteiger charge is -2.47. The van der Waals surface area contributed by atoms with Gasteiger partial charge in [0.1, 0.15) is 17.3 Å². The van der Waals surface area contributed by atoms with Crippen molar-refractivity contribution in [1.29, 1.82) is 0 Å². The van der Waals surface area contributed by atoms with Crippen molar-refractivity contribution in [2.75, 3.05) is 18.0 Å². The Morgan fingerprint density at radius 3 is 2.27 bits per heavy atom. The Kier molecular flexibility index (Phi) is 5.86. The van der Waals surface area contributed by atoms with Crippen LogP contribution in [0, 0.1) is 32.0 Å². The molecule has 3 aliphatic rings. The Bertz CT molecular complexity index is 1700. The number of hydrogen-bond acceptors (Lipinski definition) is 4. The van der Waals surface area contributed by atoms with Gasteiger partial charge in [-0.2, -0.15) is 13.2 Å². The minimum Gasteiger partial charge on any atom is -0.371 e. The zero-order valence-electron chi connectivity index (χ0n) is 23.3. The first-order chi connectivity index (χ1) is 19.5. The van der Waals surface area contributed by atoms with Crippen molar-refractivity contribution >= 4 is 22.2 Å². The highest BCUT2D eigenvalue weighted by atomic mass is 19.4. The molecule has 0 bridgehead atoms. The van der Waals surface area contributed by atoms with Crippen LogP contribution in [-0.4, -0.2) is 23.2 Å². The van der Waals surface area contributed by atoms with Crippen LogP contribution in [0.25, 0.3) is 27.7 Å². The number of pyridine rings is 1. The van der Waals surface area contributed by atoms with Crippen molar-refractivity contribution in [1.82, 2.24) is 10.1 Å². The van der Waals surface area contributed by atoms with Gasteiger partial charge in [-0.1, -0.05) is 11.2 Å². The number of rotatable bonds is 4. The molecule has 0 atom stereocenters. The summed E-state index contributed by atoms with van der Waals surface area (Å²) in [6.07, 6.45) is 2.86. The minimum absolute atomic E-state index is 0.0563. The van der Waals surface area contributed by atoms with Gasteiger partial charge >= 0.3 is 6.18 Å². The highest BCUT2D eigenvalue weighted by molar-refractivity contribution is 5.87. The van der Waals surface area contributed by atoms with Gasteiger partial charge < -0.3 is 9.42 Å². The molecule has 2 aromatic carbocycles. The first kappa shape index (κ1) is 26.2. The summed E-state index contributed by atoms with van der Waals surface area (Å²) in [4.78, 5) is 6.51. The van der Waals surface area contributed by atoms with Crippen LogP contribution in [-0.2, 0) is 6.18 Å². The molecule has 7 rings (SSSR count). The zero-order chi connectivity index (χ0) is 28.7. The summed E-state index contributed by atoms with van der Waals surface area (Å²) in [5.74, 6) is 1.08. The minimum atomic E-state index is -4.44. The molecular weight excluding hydrogens is 530 g/mol. The fourth-order valence-electron chi connectivity index (χ4n) is 6.88. The maximum atomic E-state index is 14.0. The van der Waals surface area contributed by atoms with Gasteiger partial charge in [-0.25, -0.2) is 4.39 Å². The number of aryl methyl sites for hydroxylation is 3. The highest BCUT2D eigenvalue weighted by Crippen LogP contribution is 2.56. The maximum absolute atomic E-state index is 14.0. The molecular formula is C33H31F4N3O. The standard InChI is InChI=1S/C33H31F4N3O/c1-18-12-23(34)13-19(2)28(18)30-29(31(41-39-30)21-4-5-21)22-16-32(17-22)8-10-40(11-9-32)24-6-7-27-25(15-24)26(33(35,36)37)14-20(3)38-27/h6-7,12-16,21H,4-5,8-11,17H2,1-3H3. The van der Waals surface area contributed by atoms with Gasteiger partial charge in [0.2, 0.25) is 0 Å². The number of fused-ring (bicyclic) bond motifs is 1. The monoisotopic (exact) mass is 561 g/mol. The number of anilines is 1. The van der Waals surface area contributed by atoms with E-state index in [0.29, 0.717) is 17.1 Å². The predicted molar refractivity (Wildman–Crippen MR) is 151 cm³/mol. The van der Waals surface area contributed by atoms with E-state index in [-0.39, 0.29) is 16.6 Å². The second-order valence-corrected chi connectivity index (χ2v) is 12.2. The van der Waals surface area contributed by atoms with Crippen LogP contribution >= 0.6 is 0 Å². The van der Waals surface area contributed by atoms with Crippen molar-refractivity contribution < 1.29 is 22.1 Å². The smallest absolute Gasteiger partial charge is 0.371 e. The van der Waals surface area contributed by atoms with Crippen LogP contribution in [0.4, 0.5) is 23.2 Å². The molecule has 0 amide bonds. The van der Waals surface area contributed by atoms with Crippen molar-refractivity contribution in [3.05, 3.63) is 82.0 Å². The normalized spacial score (nSPS) is 18.6. The number of allylic oxidation sites excluding steroid dienone is 2. The van der Waals surface area contributed by atoms with Gasteiger partial charge in [0.25, 0.3) is 0 Å². The highest BCUT2D eigenvalue weighted by Gasteiger charge is 2.44. The van der Waals surface area contributed by atoms with E-state index in [9.17, 15) is 17.6 Å². The number of aromatic nitrogens is 2. The second kappa shape index (κ2) is 9.16. The van der Waals surface area contributed by atoms with Crippen LogP contribution in [0.3, 0.4) is 0 Å². The fourth-order valence-corrected chi connectivity index (χ4v) is 6.88. The summed E-state index contributed by atoms with van der Waals surface area (Å²) in [6.45, 7) is 6.94. The molecule has 4 aromatic rings. The molecule has 2 fully saturated rings. The molecule has 1 saturated heterocycles. The van der Waals surface area contributed by atoms with Gasteiger partial charge in [0.05, 0.1) is 11.1 Å². The van der Waals surface area contributed by atoms with Crippen molar-refractivity contribution in [2.24, 2.45) is 5.41 Å². The van der Waals surface area contributed by atoms with E-state index in [1.54, 1.807) is 31.2 Å². The van der Waals surface area contributed by atoms with Gasteiger partial charge in [-0.15, -0.1) is 0 Å². The lowest BCUT2D eigenvalue weighted by Crippen LogP contribution is -2.42. The van der Waals surface area contributed by atoms with E-state index in [2.05, 4.69) is 21.1 Å². The third-order valence-electron chi connectivity index (χ3n) is 9.10. The summed E-state index contributed by atoms with van der Waals surface area (Å²) < 4.78 is 61.3. The number of hydrogen-bond donors (Lipinski definition) is 0. The van der Waals surface area contributed by atoms with Crippen molar-refractivity contribution in [2.45, 2.75) is 65.0 Å². The number of halogens is 4. The average Bonchev–Trinajstić information content (AvgIpc) is 3.65. The quantitative estimate of drug-likeness (QED) is 0.233. The Morgan fingerprint density at radius 2 is 1.63 bits per heavy atom. The Balaban J connectivity index is 1.16. The van der Waals surface area contributed by atoms with E-state index in [4.69, 9.17) is 4.52 Å². The SMILES string of the molecule is Cc1cc(C(F)(F)F)c2cc(N3CCC4(C=C(c5c(-c6c(C)cc(F)cc6C)noc5C5CC5)C4)CC3)ccc2n1. The molecule has 212 valence electrons. The van der Waals surface area contributed by atoms with Gasteiger partial charge in [0.15, 0.2) is 0 Å². The van der Waals surface area contributed by atoms with Crippen LogP contribution in [0.15, 0.2) is 47.0 Å². The third kappa shape index (κ3) is 4.52. The molecule has 8 heteroatoms. The predicted octanol–water partition coefficient (Wildman–Crippen LogP) is 8.92. The lowest BCUT2D eigenvalue weighted by molar-refractivity contribution is -0.136. The molecule has 3 heterocycles. The van der Waals surface area contributed by atoms with Crippen molar-refractivity contribution in [3.8, 4) is 11.3 Å². The van der Waals surface area contributed by atoms with E-state index in [0.717, 1.165) is 90.7 Å². The molecule has 4 nitrogen and oxygen atoms in total. The summed E-state index contributed by atoms with van der Waals surface area (Å²) >= 11 is 0. The Morgan fingerprint density at radius 1 is 0.951 bits per heavy atom. The first-order valence-electron chi connectivity index (χ1n) is 14.2. The number of piperidine rings is 1. The third-order valence-corrected chi connectivity index (χ3v) is 9.10. The summed E-state index contributed by atoms with van der Waals surface area (Å²) in [5.41, 5.74) is 6.69. The van der Waals surface area contributed by atoms with E-state index in [1.165, 1.54) is 5.57 Å². The molecule has 2 aromatic heterocycles. The molecule has 2 aliphatic carbocycles. The van der Waals surface area contributed by atoms with Crippen LogP contribution in [0.1, 0.15) is 71.7 Å². The van der Waals surface area contributed by atoms with E-state index >= 15 is 0 Å². The lowest BCUT2D eigenvalue weighted by atomic mass is 9.63. The van der Waals surface area contributed by atoms with Gasteiger partial charge in [-0.05, 0) is 111 Å². The first-order valence-corrected chi connectivity index (χ1v) is 14.2. The average molecular weight is 562 g/mol. The van der Waals surface area contributed by atoms with Crippen LogP contribution in [0.5, 0.6) is 0 Å². The molecule has 0 unspecified atom stereocenters. The topological polar surface area (TPSA) is 42.2 Å². The summed E-state index contributed by atoms with van der Waals surface area (Å²) in [7, 11) is 0. The maximum Gasteiger partial charge on any atom is 0.417 e. The Labute approximate surface area is 236 Å². The van der Waals surface area contributed by atoms with E-state index < -0.39 is 11.7 Å². The number of nitrogens with zero attached hydrogens (tertiary/aromatic N) is 3. The molecule has 1 saturated carbocycles. The van der Waals surface area contributed by atoms with Crippen LogP contribution < -0.4 is 4.90 Å². The Hall–Kier alpha value is -3.68. The van der Waals surface area contributed by atoms with E-state index in [1.807, 2.05) is 19.9 Å². The van der Waals surface area contributed by atoms with Gasteiger partial charge in [-0.3, -0.25) is 4.98 Å². The number of benzene rings is 2. The molecule has 0 radical (unpaired) electrons. The van der Waals surface area contributed by atoms with Crippen LogP contribution in [0.2, 0.25) is 0 Å². The molecule has 1 spiro atoms. The zero-order valence-corrected chi connectivity index (χ0v) is 23.3.